The SMILES string of the molecule is COc1ccc(CCNC(=O)NCC2(c3ccccc3)CCOCC2)cc1. The summed E-state index contributed by atoms with van der Waals surface area (Å²) < 4.78 is 10.7. The Morgan fingerprint density at radius 1 is 1.04 bits per heavy atom. The highest BCUT2D eigenvalue weighted by Crippen LogP contribution is 2.34. The monoisotopic (exact) mass is 368 g/mol. The van der Waals surface area contributed by atoms with Crippen molar-refractivity contribution in [1.29, 1.82) is 0 Å². The van der Waals surface area contributed by atoms with Gasteiger partial charge in [0.15, 0.2) is 0 Å². The normalized spacial score (nSPS) is 15.7. The van der Waals surface area contributed by atoms with E-state index in [1.807, 2.05) is 30.3 Å². The first-order valence-corrected chi connectivity index (χ1v) is 9.50. The molecular formula is C22H28N2O3. The zero-order valence-electron chi connectivity index (χ0n) is 15.9. The molecule has 1 saturated heterocycles. The van der Waals surface area contributed by atoms with E-state index in [0.717, 1.165) is 38.2 Å². The minimum atomic E-state index is -0.120. The number of hydrogen-bond donors (Lipinski definition) is 2. The van der Waals surface area contributed by atoms with Gasteiger partial charge in [-0.15, -0.1) is 0 Å². The Labute approximate surface area is 161 Å². The molecule has 5 heteroatoms. The molecule has 0 spiro atoms. The second kappa shape index (κ2) is 9.42. The fourth-order valence-corrected chi connectivity index (χ4v) is 3.55. The molecule has 1 aliphatic rings. The van der Waals surface area contributed by atoms with E-state index >= 15 is 0 Å². The van der Waals surface area contributed by atoms with Gasteiger partial charge in [0.05, 0.1) is 7.11 Å². The van der Waals surface area contributed by atoms with Crippen LogP contribution in [0.2, 0.25) is 0 Å². The Morgan fingerprint density at radius 3 is 2.41 bits per heavy atom. The largest absolute Gasteiger partial charge is 0.497 e. The molecule has 2 N–H and O–H groups in total. The number of ether oxygens (including phenoxy) is 2. The van der Waals surface area contributed by atoms with Crippen LogP contribution < -0.4 is 15.4 Å². The number of carbonyl (C=O) groups is 1. The van der Waals surface area contributed by atoms with Gasteiger partial charge in [-0.25, -0.2) is 4.79 Å². The first-order valence-electron chi connectivity index (χ1n) is 9.50. The summed E-state index contributed by atoms with van der Waals surface area (Å²) in [6.07, 6.45) is 2.63. The van der Waals surface area contributed by atoms with Gasteiger partial charge in [0.1, 0.15) is 5.75 Å². The molecule has 0 aromatic heterocycles. The van der Waals surface area contributed by atoms with Crippen LogP contribution in [0.25, 0.3) is 0 Å². The van der Waals surface area contributed by atoms with Gasteiger partial charge in [-0.05, 0) is 42.5 Å². The first-order chi connectivity index (χ1) is 13.2. The first kappa shape index (κ1) is 19.2. The number of amides is 2. The third-order valence-corrected chi connectivity index (χ3v) is 5.28. The van der Waals surface area contributed by atoms with Crippen LogP contribution in [0, 0.1) is 0 Å². The molecular weight excluding hydrogens is 340 g/mol. The molecule has 0 radical (unpaired) electrons. The maximum atomic E-state index is 12.3. The van der Waals surface area contributed by atoms with Crippen molar-refractivity contribution < 1.29 is 14.3 Å². The van der Waals surface area contributed by atoms with Gasteiger partial charge in [-0.1, -0.05) is 42.5 Å². The van der Waals surface area contributed by atoms with Gasteiger partial charge in [0.25, 0.3) is 0 Å². The second-order valence-electron chi connectivity index (χ2n) is 6.97. The molecule has 0 unspecified atom stereocenters. The molecule has 0 bridgehead atoms. The van der Waals surface area contributed by atoms with Crippen molar-refractivity contribution >= 4 is 6.03 Å². The number of rotatable bonds is 7. The van der Waals surface area contributed by atoms with Crippen molar-refractivity contribution in [3.05, 3.63) is 65.7 Å². The minimum absolute atomic E-state index is 0.0488. The van der Waals surface area contributed by atoms with E-state index < -0.39 is 0 Å². The number of nitrogens with one attached hydrogen (secondary N) is 2. The molecule has 144 valence electrons. The Hall–Kier alpha value is -2.53. The molecule has 0 aliphatic carbocycles. The van der Waals surface area contributed by atoms with Crippen LogP contribution in [0.5, 0.6) is 5.75 Å². The number of urea groups is 1. The topological polar surface area (TPSA) is 59.6 Å². The van der Waals surface area contributed by atoms with E-state index in [2.05, 4.69) is 34.9 Å². The number of carbonyl (C=O) groups excluding carboxylic acids is 1. The molecule has 3 rings (SSSR count). The van der Waals surface area contributed by atoms with Crippen LogP contribution in [0.15, 0.2) is 54.6 Å². The maximum Gasteiger partial charge on any atom is 0.314 e. The molecule has 1 heterocycles. The van der Waals surface area contributed by atoms with E-state index in [0.29, 0.717) is 13.1 Å². The fourth-order valence-electron chi connectivity index (χ4n) is 3.55. The molecule has 2 aromatic carbocycles. The van der Waals surface area contributed by atoms with Crippen molar-refractivity contribution in [1.82, 2.24) is 10.6 Å². The lowest BCUT2D eigenvalue weighted by molar-refractivity contribution is 0.0507. The lowest BCUT2D eigenvalue weighted by Gasteiger charge is -2.38. The van der Waals surface area contributed by atoms with Crippen molar-refractivity contribution in [2.45, 2.75) is 24.7 Å². The summed E-state index contributed by atoms with van der Waals surface area (Å²) in [5.74, 6) is 0.840. The van der Waals surface area contributed by atoms with E-state index in [9.17, 15) is 4.79 Å². The Morgan fingerprint density at radius 2 is 1.74 bits per heavy atom. The molecule has 2 amide bonds. The smallest absolute Gasteiger partial charge is 0.314 e. The van der Waals surface area contributed by atoms with Crippen molar-refractivity contribution in [2.24, 2.45) is 0 Å². The maximum absolute atomic E-state index is 12.3. The van der Waals surface area contributed by atoms with E-state index in [1.54, 1.807) is 7.11 Å². The average molecular weight is 368 g/mol. The van der Waals surface area contributed by atoms with Crippen LogP contribution in [0.4, 0.5) is 4.79 Å². The lowest BCUT2D eigenvalue weighted by Crippen LogP contribution is -2.47. The quantitative estimate of drug-likeness (QED) is 0.788. The van der Waals surface area contributed by atoms with E-state index in [-0.39, 0.29) is 11.4 Å². The molecule has 27 heavy (non-hydrogen) atoms. The Balaban J connectivity index is 1.49. The molecule has 1 fully saturated rings. The summed E-state index contributed by atoms with van der Waals surface area (Å²) in [7, 11) is 1.65. The minimum Gasteiger partial charge on any atom is -0.497 e. The van der Waals surface area contributed by atoms with Crippen molar-refractivity contribution in [3.8, 4) is 5.75 Å². The van der Waals surface area contributed by atoms with E-state index in [1.165, 1.54) is 11.1 Å². The van der Waals surface area contributed by atoms with Gasteiger partial charge in [0.2, 0.25) is 0 Å². The van der Waals surface area contributed by atoms with Gasteiger partial charge < -0.3 is 20.1 Å². The summed E-state index contributed by atoms with van der Waals surface area (Å²) in [5, 5.41) is 6.03. The van der Waals surface area contributed by atoms with Gasteiger partial charge >= 0.3 is 6.03 Å². The summed E-state index contributed by atoms with van der Waals surface area (Å²) in [4.78, 5) is 12.3. The summed E-state index contributed by atoms with van der Waals surface area (Å²) in [5.41, 5.74) is 2.39. The van der Waals surface area contributed by atoms with Crippen LogP contribution in [0.1, 0.15) is 24.0 Å². The number of benzene rings is 2. The third-order valence-electron chi connectivity index (χ3n) is 5.28. The summed E-state index contributed by atoms with van der Waals surface area (Å²) in [6, 6.07) is 18.2. The standard InChI is InChI=1S/C22H28N2O3/c1-26-20-9-7-18(8-10-20)11-14-23-21(25)24-17-22(12-15-27-16-13-22)19-5-3-2-4-6-19/h2-10H,11-17H2,1H3,(H2,23,24,25). The molecule has 0 saturated carbocycles. The van der Waals surface area contributed by atoms with Crippen molar-refractivity contribution in [3.63, 3.8) is 0 Å². The summed E-state index contributed by atoms with van der Waals surface area (Å²) in [6.45, 7) is 2.68. The predicted octanol–water partition coefficient (Wildman–Crippen LogP) is 3.29. The van der Waals surface area contributed by atoms with Gasteiger partial charge in [0, 0.05) is 31.7 Å². The molecule has 5 nitrogen and oxygen atoms in total. The summed E-state index contributed by atoms with van der Waals surface area (Å²) >= 11 is 0. The van der Waals surface area contributed by atoms with Crippen LogP contribution in [-0.4, -0.2) is 39.4 Å². The Kier molecular flexibility index (Phi) is 6.71. The van der Waals surface area contributed by atoms with Crippen LogP contribution in [-0.2, 0) is 16.6 Å². The highest BCUT2D eigenvalue weighted by molar-refractivity contribution is 5.74. The molecule has 1 aliphatic heterocycles. The zero-order valence-corrected chi connectivity index (χ0v) is 15.9. The van der Waals surface area contributed by atoms with E-state index in [4.69, 9.17) is 9.47 Å². The van der Waals surface area contributed by atoms with Crippen LogP contribution >= 0.6 is 0 Å². The Bertz CT molecular complexity index is 710. The predicted molar refractivity (Wildman–Crippen MR) is 106 cm³/mol. The fraction of sp³-hybridized carbons (Fsp3) is 0.409. The van der Waals surface area contributed by atoms with Gasteiger partial charge in [-0.2, -0.15) is 0 Å². The number of hydrogen-bond acceptors (Lipinski definition) is 3. The second-order valence-corrected chi connectivity index (χ2v) is 6.97. The van der Waals surface area contributed by atoms with Crippen LogP contribution in [0.3, 0.4) is 0 Å². The molecule has 2 aromatic rings. The van der Waals surface area contributed by atoms with Gasteiger partial charge in [-0.3, -0.25) is 0 Å². The highest BCUT2D eigenvalue weighted by atomic mass is 16.5. The third kappa shape index (κ3) is 5.23. The molecule has 0 atom stereocenters. The number of methoxy groups -OCH3 is 1. The zero-order chi connectivity index (χ0) is 19.0. The highest BCUT2D eigenvalue weighted by Gasteiger charge is 2.34. The lowest BCUT2D eigenvalue weighted by atomic mass is 9.74. The average Bonchev–Trinajstić information content (AvgIpc) is 2.74. The van der Waals surface area contributed by atoms with Crippen molar-refractivity contribution in [2.75, 3.05) is 33.4 Å².